The minimum absolute atomic E-state index is 0.353. The van der Waals surface area contributed by atoms with Crippen LogP contribution in [0.25, 0.3) is 15.8 Å². The van der Waals surface area contributed by atoms with Gasteiger partial charge in [-0.15, -0.1) is 22.7 Å². The first kappa shape index (κ1) is 12.5. The molecule has 2 aromatic rings. The first-order valence-electron chi connectivity index (χ1n) is 4.83. The fraction of sp³-hybridized carbons (Fsp3) is 0.0833. The SMILES string of the molecule is C/C(=C\c1ccc(-c2ccc(Br)s2)s1)C(=O)O. The summed E-state index contributed by atoms with van der Waals surface area (Å²) in [5, 5.41) is 8.80. The van der Waals surface area contributed by atoms with E-state index in [1.165, 1.54) is 4.88 Å². The summed E-state index contributed by atoms with van der Waals surface area (Å²) in [5.74, 6) is -0.876. The van der Waals surface area contributed by atoms with Gasteiger partial charge in [0.25, 0.3) is 0 Å². The number of halogens is 1. The van der Waals surface area contributed by atoms with Crippen molar-refractivity contribution in [2.24, 2.45) is 0 Å². The maximum absolute atomic E-state index is 10.7. The van der Waals surface area contributed by atoms with Gasteiger partial charge in [-0.2, -0.15) is 0 Å². The highest BCUT2D eigenvalue weighted by Crippen LogP contribution is 2.36. The van der Waals surface area contributed by atoms with E-state index >= 15 is 0 Å². The van der Waals surface area contributed by atoms with E-state index in [2.05, 4.69) is 22.0 Å². The van der Waals surface area contributed by atoms with Gasteiger partial charge in [0.15, 0.2) is 0 Å². The molecule has 0 saturated carbocycles. The number of rotatable bonds is 3. The number of carboxylic acid groups (broad SMARTS) is 1. The van der Waals surface area contributed by atoms with Crippen LogP contribution in [0.15, 0.2) is 33.6 Å². The van der Waals surface area contributed by atoms with Gasteiger partial charge < -0.3 is 5.11 Å². The zero-order valence-electron chi connectivity index (χ0n) is 8.94. The molecule has 2 nitrogen and oxygen atoms in total. The van der Waals surface area contributed by atoms with Crippen LogP contribution in [0, 0.1) is 0 Å². The van der Waals surface area contributed by atoms with Crippen LogP contribution >= 0.6 is 38.6 Å². The first-order valence-corrected chi connectivity index (χ1v) is 7.26. The van der Waals surface area contributed by atoms with Gasteiger partial charge in [-0.25, -0.2) is 4.79 Å². The van der Waals surface area contributed by atoms with Gasteiger partial charge in [0.05, 0.1) is 3.79 Å². The Bertz CT molecular complexity index is 581. The lowest BCUT2D eigenvalue weighted by Crippen LogP contribution is -1.94. The van der Waals surface area contributed by atoms with Gasteiger partial charge in [-0.3, -0.25) is 0 Å². The highest BCUT2D eigenvalue weighted by molar-refractivity contribution is 9.11. The molecule has 2 rings (SSSR count). The molecule has 0 bridgehead atoms. The summed E-state index contributed by atoms with van der Waals surface area (Å²) in [6.07, 6.45) is 1.69. The van der Waals surface area contributed by atoms with Crippen molar-refractivity contribution in [3.8, 4) is 9.75 Å². The number of hydrogen-bond acceptors (Lipinski definition) is 3. The standard InChI is InChI=1S/C12H9BrO2S2/c1-7(12(14)15)6-8-2-3-9(16-8)10-4-5-11(13)17-10/h2-6H,1H3,(H,14,15)/b7-6+. The van der Waals surface area contributed by atoms with Crippen molar-refractivity contribution in [1.82, 2.24) is 0 Å². The molecule has 0 aliphatic rings. The Morgan fingerprint density at radius 2 is 1.88 bits per heavy atom. The maximum Gasteiger partial charge on any atom is 0.331 e. The Balaban J connectivity index is 2.28. The van der Waals surface area contributed by atoms with Crippen LogP contribution in [0.3, 0.4) is 0 Å². The Kier molecular flexibility index (Phi) is 3.81. The second-order valence-electron chi connectivity index (χ2n) is 3.44. The minimum atomic E-state index is -0.876. The van der Waals surface area contributed by atoms with E-state index in [9.17, 15) is 4.79 Å². The van der Waals surface area contributed by atoms with Crippen LogP contribution in [0.1, 0.15) is 11.8 Å². The summed E-state index contributed by atoms with van der Waals surface area (Å²) in [7, 11) is 0. The van der Waals surface area contributed by atoms with Crippen molar-refractivity contribution in [3.63, 3.8) is 0 Å². The summed E-state index contributed by atoms with van der Waals surface area (Å²) in [5.41, 5.74) is 0.353. The fourth-order valence-corrected chi connectivity index (χ4v) is 3.77. The third kappa shape index (κ3) is 3.06. The molecule has 2 heterocycles. The Labute approximate surface area is 115 Å². The van der Waals surface area contributed by atoms with Gasteiger partial charge in [-0.1, -0.05) is 0 Å². The van der Waals surface area contributed by atoms with Crippen molar-refractivity contribution < 1.29 is 9.90 Å². The van der Waals surface area contributed by atoms with Gasteiger partial charge in [0.2, 0.25) is 0 Å². The summed E-state index contributed by atoms with van der Waals surface area (Å²) in [6.45, 7) is 1.60. The summed E-state index contributed by atoms with van der Waals surface area (Å²) >= 11 is 6.69. The van der Waals surface area contributed by atoms with Crippen molar-refractivity contribution in [3.05, 3.63) is 38.5 Å². The monoisotopic (exact) mass is 328 g/mol. The average Bonchev–Trinajstić information content (AvgIpc) is 2.86. The molecule has 0 aliphatic carbocycles. The summed E-state index contributed by atoms with van der Waals surface area (Å²) < 4.78 is 1.10. The lowest BCUT2D eigenvalue weighted by Gasteiger charge is -1.91. The Morgan fingerprint density at radius 3 is 2.47 bits per heavy atom. The lowest BCUT2D eigenvalue weighted by molar-refractivity contribution is -0.132. The van der Waals surface area contributed by atoms with Gasteiger partial charge in [0, 0.05) is 20.2 Å². The quantitative estimate of drug-likeness (QED) is 0.827. The zero-order valence-corrected chi connectivity index (χ0v) is 12.2. The predicted molar refractivity (Wildman–Crippen MR) is 76.6 cm³/mol. The van der Waals surface area contributed by atoms with Crippen LogP contribution in [0.5, 0.6) is 0 Å². The van der Waals surface area contributed by atoms with E-state index < -0.39 is 5.97 Å². The summed E-state index contributed by atoms with van der Waals surface area (Å²) in [4.78, 5) is 14.0. The molecule has 0 aromatic carbocycles. The second kappa shape index (κ2) is 5.16. The average molecular weight is 329 g/mol. The Hall–Kier alpha value is -0.910. The molecule has 0 fully saturated rings. The van der Waals surface area contributed by atoms with Crippen molar-refractivity contribution in [2.45, 2.75) is 6.92 Å². The topological polar surface area (TPSA) is 37.3 Å². The number of hydrogen-bond donors (Lipinski definition) is 1. The predicted octanol–water partition coefficient (Wildman–Crippen LogP) is 4.73. The van der Waals surface area contributed by atoms with Crippen LogP contribution in [0.4, 0.5) is 0 Å². The molecule has 0 saturated heterocycles. The largest absolute Gasteiger partial charge is 0.478 e. The van der Waals surface area contributed by atoms with E-state index in [1.54, 1.807) is 35.7 Å². The molecular formula is C12H9BrO2S2. The van der Waals surface area contributed by atoms with E-state index in [1.807, 2.05) is 18.2 Å². The fourth-order valence-electron chi connectivity index (χ4n) is 1.28. The normalized spacial score (nSPS) is 11.8. The second-order valence-corrected chi connectivity index (χ2v) is 7.02. The minimum Gasteiger partial charge on any atom is -0.478 e. The smallest absolute Gasteiger partial charge is 0.331 e. The molecule has 5 heteroatoms. The van der Waals surface area contributed by atoms with E-state index in [-0.39, 0.29) is 0 Å². The highest BCUT2D eigenvalue weighted by atomic mass is 79.9. The first-order chi connectivity index (χ1) is 8.06. The van der Waals surface area contributed by atoms with E-state index in [4.69, 9.17) is 5.11 Å². The number of aliphatic carboxylic acids is 1. The van der Waals surface area contributed by atoms with E-state index in [0.29, 0.717) is 5.57 Å². The van der Waals surface area contributed by atoms with Crippen LogP contribution in [-0.4, -0.2) is 11.1 Å². The van der Waals surface area contributed by atoms with E-state index in [0.717, 1.165) is 13.5 Å². The molecule has 1 N–H and O–H groups in total. The number of carbonyl (C=O) groups is 1. The van der Waals surface area contributed by atoms with Crippen LogP contribution < -0.4 is 0 Å². The molecule has 17 heavy (non-hydrogen) atoms. The summed E-state index contributed by atoms with van der Waals surface area (Å²) in [6, 6.07) is 8.03. The van der Waals surface area contributed by atoms with Crippen molar-refractivity contribution in [2.75, 3.05) is 0 Å². The van der Waals surface area contributed by atoms with Crippen LogP contribution in [0.2, 0.25) is 0 Å². The molecule has 0 atom stereocenters. The molecule has 0 aliphatic heterocycles. The molecule has 88 valence electrons. The Morgan fingerprint density at radius 1 is 1.24 bits per heavy atom. The van der Waals surface area contributed by atoms with Gasteiger partial charge in [-0.05, 0) is 53.2 Å². The third-order valence-electron chi connectivity index (χ3n) is 2.14. The van der Waals surface area contributed by atoms with Crippen molar-refractivity contribution in [1.29, 1.82) is 0 Å². The third-order valence-corrected chi connectivity index (χ3v) is 4.99. The maximum atomic E-state index is 10.7. The lowest BCUT2D eigenvalue weighted by atomic mass is 10.2. The molecule has 0 radical (unpaired) electrons. The zero-order chi connectivity index (χ0) is 12.4. The van der Waals surface area contributed by atoms with Crippen LogP contribution in [-0.2, 0) is 4.79 Å². The molecule has 0 unspecified atom stereocenters. The number of carboxylic acids is 1. The molecule has 0 amide bonds. The highest BCUT2D eigenvalue weighted by Gasteiger charge is 2.06. The molecular weight excluding hydrogens is 320 g/mol. The van der Waals surface area contributed by atoms with Gasteiger partial charge in [0.1, 0.15) is 0 Å². The van der Waals surface area contributed by atoms with Crippen molar-refractivity contribution >= 4 is 50.6 Å². The van der Waals surface area contributed by atoms with Gasteiger partial charge >= 0.3 is 5.97 Å². The number of thiophene rings is 2. The molecule has 2 aromatic heterocycles. The molecule has 0 spiro atoms.